The lowest BCUT2D eigenvalue weighted by molar-refractivity contribution is 0.0795. The molecule has 4 heteroatoms. The number of rotatable bonds is 4. The Kier molecular flexibility index (Phi) is 3.86. The highest BCUT2D eigenvalue weighted by Gasteiger charge is 2.10. The van der Waals surface area contributed by atoms with Crippen LogP contribution in [0.3, 0.4) is 0 Å². The average molecular weight is 215 g/mol. The largest absolute Gasteiger partial charge is 0.389 e. The molecule has 0 unspecified atom stereocenters. The smallest absolute Gasteiger partial charge is 0.129 e. The van der Waals surface area contributed by atoms with Gasteiger partial charge in [-0.2, -0.15) is 0 Å². The molecule has 0 aromatic carbocycles. The Bertz CT molecular complexity index is 279. The van der Waals surface area contributed by atoms with Gasteiger partial charge < -0.3 is 10.4 Å². The van der Waals surface area contributed by atoms with Crippen molar-refractivity contribution < 1.29 is 5.11 Å². The van der Waals surface area contributed by atoms with Crippen LogP contribution < -0.4 is 5.32 Å². The Labute approximate surface area is 89.1 Å². The lowest BCUT2D eigenvalue weighted by atomic mass is 10.1. The molecule has 0 aliphatic carbocycles. The Balaban J connectivity index is 2.35. The zero-order valence-electron chi connectivity index (χ0n) is 8.42. The fourth-order valence-corrected chi connectivity index (χ4v) is 1.14. The quantitative estimate of drug-likeness (QED) is 0.749. The van der Waals surface area contributed by atoms with Crippen molar-refractivity contribution in [3.63, 3.8) is 0 Å². The van der Waals surface area contributed by atoms with Crippen LogP contribution in [0.2, 0.25) is 5.15 Å². The van der Waals surface area contributed by atoms with Crippen LogP contribution in [0.4, 0.5) is 0 Å². The van der Waals surface area contributed by atoms with Crippen molar-refractivity contribution in [2.75, 3.05) is 6.54 Å². The van der Waals surface area contributed by atoms with Crippen molar-refractivity contribution in [1.82, 2.24) is 10.3 Å². The molecule has 3 nitrogen and oxygen atoms in total. The lowest BCUT2D eigenvalue weighted by Gasteiger charge is -2.17. The number of nitrogens with one attached hydrogen (secondary N) is 1. The van der Waals surface area contributed by atoms with E-state index >= 15 is 0 Å². The molecule has 0 bridgehead atoms. The number of hydrogen-bond acceptors (Lipinski definition) is 3. The number of aliphatic hydroxyl groups is 1. The fraction of sp³-hybridized carbons (Fsp3) is 0.500. The van der Waals surface area contributed by atoms with Gasteiger partial charge in [-0.1, -0.05) is 17.7 Å². The molecule has 1 aromatic heterocycles. The first-order valence-electron chi connectivity index (χ1n) is 4.51. The standard InChI is InChI=1S/C10H15ClN2O/c1-10(2,14)7-12-5-8-3-4-9(11)13-6-8/h3-4,6,12,14H,5,7H2,1-2H3. The van der Waals surface area contributed by atoms with Gasteiger partial charge in [-0.3, -0.25) is 0 Å². The summed E-state index contributed by atoms with van der Waals surface area (Å²) in [6.07, 6.45) is 1.72. The molecule has 0 aliphatic rings. The maximum Gasteiger partial charge on any atom is 0.129 e. The third-order valence-corrected chi connectivity index (χ3v) is 1.90. The molecule has 0 amide bonds. The third kappa shape index (κ3) is 4.56. The van der Waals surface area contributed by atoms with Crippen LogP contribution in [-0.4, -0.2) is 22.2 Å². The molecule has 0 atom stereocenters. The molecular weight excluding hydrogens is 200 g/mol. The summed E-state index contributed by atoms with van der Waals surface area (Å²) in [7, 11) is 0. The molecule has 78 valence electrons. The predicted octanol–water partition coefficient (Wildman–Crippen LogP) is 1.60. The van der Waals surface area contributed by atoms with E-state index in [1.807, 2.05) is 6.07 Å². The Morgan fingerprint density at radius 1 is 1.50 bits per heavy atom. The van der Waals surface area contributed by atoms with E-state index in [4.69, 9.17) is 11.6 Å². The summed E-state index contributed by atoms with van der Waals surface area (Å²) in [4.78, 5) is 3.96. The van der Waals surface area contributed by atoms with Crippen LogP contribution >= 0.6 is 11.6 Å². The summed E-state index contributed by atoms with van der Waals surface area (Å²) < 4.78 is 0. The average Bonchev–Trinajstić information content (AvgIpc) is 2.06. The summed E-state index contributed by atoms with van der Waals surface area (Å²) in [5.74, 6) is 0. The van der Waals surface area contributed by atoms with Crippen LogP contribution in [-0.2, 0) is 6.54 Å². The number of pyridine rings is 1. The fourth-order valence-electron chi connectivity index (χ4n) is 1.02. The van der Waals surface area contributed by atoms with Crippen LogP contribution in [0.15, 0.2) is 18.3 Å². The zero-order chi connectivity index (χ0) is 10.6. The first kappa shape index (κ1) is 11.4. The maximum absolute atomic E-state index is 9.44. The van der Waals surface area contributed by atoms with Gasteiger partial charge in [-0.25, -0.2) is 4.98 Å². The molecule has 2 N–H and O–H groups in total. The maximum atomic E-state index is 9.44. The second-order valence-electron chi connectivity index (χ2n) is 3.91. The van der Waals surface area contributed by atoms with E-state index in [1.165, 1.54) is 0 Å². The summed E-state index contributed by atoms with van der Waals surface area (Å²) in [5.41, 5.74) is 0.374. The van der Waals surface area contributed by atoms with Gasteiger partial charge >= 0.3 is 0 Å². The molecule has 1 rings (SSSR count). The minimum atomic E-state index is -0.681. The highest BCUT2D eigenvalue weighted by Crippen LogP contribution is 2.05. The van der Waals surface area contributed by atoms with Gasteiger partial charge in [0.2, 0.25) is 0 Å². The molecular formula is C10H15ClN2O. The lowest BCUT2D eigenvalue weighted by Crippen LogP contribution is -2.34. The second kappa shape index (κ2) is 4.73. The predicted molar refractivity (Wildman–Crippen MR) is 57.3 cm³/mol. The van der Waals surface area contributed by atoms with E-state index in [1.54, 1.807) is 26.1 Å². The van der Waals surface area contributed by atoms with Crippen molar-refractivity contribution in [2.24, 2.45) is 0 Å². The normalized spacial score (nSPS) is 11.7. The first-order chi connectivity index (χ1) is 6.47. The Morgan fingerprint density at radius 2 is 2.21 bits per heavy atom. The van der Waals surface area contributed by atoms with Crippen molar-refractivity contribution in [3.05, 3.63) is 29.0 Å². The molecule has 0 saturated carbocycles. The second-order valence-corrected chi connectivity index (χ2v) is 4.29. The molecule has 0 spiro atoms. The summed E-state index contributed by atoms with van der Waals surface area (Å²) in [6.45, 7) is 4.77. The van der Waals surface area contributed by atoms with E-state index in [-0.39, 0.29) is 0 Å². The van der Waals surface area contributed by atoms with E-state index < -0.39 is 5.60 Å². The highest BCUT2D eigenvalue weighted by molar-refractivity contribution is 6.29. The topological polar surface area (TPSA) is 45.1 Å². The van der Waals surface area contributed by atoms with Crippen molar-refractivity contribution in [3.8, 4) is 0 Å². The summed E-state index contributed by atoms with van der Waals surface area (Å²) in [5, 5.41) is 13.1. The van der Waals surface area contributed by atoms with Gasteiger partial charge in [-0.15, -0.1) is 0 Å². The molecule has 0 saturated heterocycles. The van der Waals surface area contributed by atoms with Crippen LogP contribution in [0, 0.1) is 0 Å². The Morgan fingerprint density at radius 3 is 2.71 bits per heavy atom. The minimum Gasteiger partial charge on any atom is -0.389 e. The van der Waals surface area contributed by atoms with Crippen LogP contribution in [0.5, 0.6) is 0 Å². The number of nitrogens with zero attached hydrogens (tertiary/aromatic N) is 1. The molecule has 0 radical (unpaired) electrons. The van der Waals surface area contributed by atoms with E-state index in [0.29, 0.717) is 18.2 Å². The van der Waals surface area contributed by atoms with Gasteiger partial charge in [0.25, 0.3) is 0 Å². The van der Waals surface area contributed by atoms with Crippen LogP contribution in [0.1, 0.15) is 19.4 Å². The van der Waals surface area contributed by atoms with Gasteiger partial charge in [0, 0.05) is 19.3 Å². The van der Waals surface area contributed by atoms with Gasteiger partial charge in [0.1, 0.15) is 5.15 Å². The third-order valence-electron chi connectivity index (χ3n) is 1.68. The summed E-state index contributed by atoms with van der Waals surface area (Å²) in [6, 6.07) is 3.66. The summed E-state index contributed by atoms with van der Waals surface area (Å²) >= 11 is 5.65. The van der Waals surface area contributed by atoms with Gasteiger partial charge in [0.05, 0.1) is 5.60 Å². The van der Waals surface area contributed by atoms with Gasteiger partial charge in [0.15, 0.2) is 0 Å². The van der Waals surface area contributed by atoms with Crippen molar-refractivity contribution in [1.29, 1.82) is 0 Å². The van der Waals surface area contributed by atoms with E-state index in [9.17, 15) is 5.11 Å². The van der Waals surface area contributed by atoms with Crippen molar-refractivity contribution in [2.45, 2.75) is 26.0 Å². The van der Waals surface area contributed by atoms with Crippen molar-refractivity contribution >= 4 is 11.6 Å². The zero-order valence-corrected chi connectivity index (χ0v) is 9.17. The number of hydrogen-bond donors (Lipinski definition) is 2. The SMILES string of the molecule is CC(C)(O)CNCc1ccc(Cl)nc1. The van der Waals surface area contributed by atoms with E-state index in [2.05, 4.69) is 10.3 Å². The highest BCUT2D eigenvalue weighted by atomic mass is 35.5. The number of halogens is 1. The van der Waals surface area contributed by atoms with E-state index in [0.717, 1.165) is 5.56 Å². The Hall–Kier alpha value is -0.640. The molecule has 14 heavy (non-hydrogen) atoms. The molecule has 0 aliphatic heterocycles. The monoisotopic (exact) mass is 214 g/mol. The molecule has 1 heterocycles. The first-order valence-corrected chi connectivity index (χ1v) is 4.89. The number of aromatic nitrogens is 1. The molecule has 1 aromatic rings. The minimum absolute atomic E-state index is 0.497. The van der Waals surface area contributed by atoms with Crippen LogP contribution in [0.25, 0.3) is 0 Å². The van der Waals surface area contributed by atoms with Gasteiger partial charge in [-0.05, 0) is 25.5 Å². The molecule has 0 fully saturated rings.